The van der Waals surface area contributed by atoms with Gasteiger partial charge in [0.25, 0.3) is 5.91 Å². The number of nitrogens with one attached hydrogen (secondary N) is 1. The number of phenolic OH excluding ortho intramolecular Hbond substituents is 1. The van der Waals surface area contributed by atoms with Crippen molar-refractivity contribution < 1.29 is 19.4 Å². The second-order valence-electron chi connectivity index (χ2n) is 8.81. The summed E-state index contributed by atoms with van der Waals surface area (Å²) < 4.78 is 5.32. The summed E-state index contributed by atoms with van der Waals surface area (Å²) >= 11 is 0. The van der Waals surface area contributed by atoms with Crippen LogP contribution in [-0.4, -0.2) is 53.7 Å². The zero-order chi connectivity index (χ0) is 21.8. The molecule has 0 bridgehead atoms. The zero-order valence-electron chi connectivity index (χ0n) is 18.2. The molecule has 1 amide bonds. The van der Waals surface area contributed by atoms with Gasteiger partial charge in [-0.1, -0.05) is 49.6 Å². The Kier molecular flexibility index (Phi) is 6.76. The summed E-state index contributed by atoms with van der Waals surface area (Å²) in [5.41, 5.74) is 0.261. The highest BCUT2D eigenvalue weighted by molar-refractivity contribution is 6.03. The summed E-state index contributed by atoms with van der Waals surface area (Å²) in [5, 5.41) is 15.2. The number of ether oxygens (including phenoxy) is 1. The highest BCUT2D eigenvalue weighted by Gasteiger charge is 2.39. The van der Waals surface area contributed by atoms with Crippen molar-refractivity contribution in [3.63, 3.8) is 0 Å². The molecule has 2 aliphatic rings. The monoisotopic (exact) mass is 424 g/mol. The van der Waals surface area contributed by atoms with Crippen LogP contribution in [0.15, 0.2) is 36.4 Å². The van der Waals surface area contributed by atoms with Crippen LogP contribution in [0.2, 0.25) is 0 Å². The van der Waals surface area contributed by atoms with E-state index >= 15 is 0 Å². The average Bonchev–Trinajstić information content (AvgIpc) is 3.17. The zero-order valence-corrected chi connectivity index (χ0v) is 18.2. The van der Waals surface area contributed by atoms with Crippen LogP contribution in [0.4, 0.5) is 0 Å². The lowest BCUT2D eigenvalue weighted by molar-refractivity contribution is -0.148. The first kappa shape index (κ1) is 21.6. The smallest absolute Gasteiger partial charge is 0.323 e. The van der Waals surface area contributed by atoms with Gasteiger partial charge in [0.1, 0.15) is 11.8 Å². The van der Waals surface area contributed by atoms with E-state index in [2.05, 4.69) is 10.2 Å². The van der Waals surface area contributed by atoms with Gasteiger partial charge in [-0.05, 0) is 43.6 Å². The molecular formula is C25H32N2O4. The number of hydrogen-bond donors (Lipinski definition) is 2. The van der Waals surface area contributed by atoms with E-state index in [9.17, 15) is 14.7 Å². The third-order valence-electron chi connectivity index (χ3n) is 6.66. The van der Waals surface area contributed by atoms with Crippen molar-refractivity contribution >= 4 is 22.6 Å². The summed E-state index contributed by atoms with van der Waals surface area (Å²) in [7, 11) is 0. The van der Waals surface area contributed by atoms with Crippen LogP contribution in [0, 0.1) is 5.92 Å². The largest absolute Gasteiger partial charge is 0.506 e. The van der Waals surface area contributed by atoms with Crippen molar-refractivity contribution in [2.45, 2.75) is 57.5 Å². The quantitative estimate of drug-likeness (QED) is 0.689. The number of nitrogens with zero attached hydrogens (tertiary/aromatic N) is 1. The highest BCUT2D eigenvalue weighted by Crippen LogP contribution is 2.30. The lowest BCUT2D eigenvalue weighted by Crippen LogP contribution is -2.41. The molecule has 0 spiro atoms. The van der Waals surface area contributed by atoms with Crippen LogP contribution >= 0.6 is 0 Å². The topological polar surface area (TPSA) is 78.9 Å². The highest BCUT2D eigenvalue weighted by atomic mass is 16.5. The number of carbonyl (C=O) groups excluding carboxylic acids is 2. The summed E-state index contributed by atoms with van der Waals surface area (Å²) in [6, 6.07) is 10.5. The Morgan fingerprint density at radius 1 is 1.13 bits per heavy atom. The Morgan fingerprint density at radius 3 is 2.68 bits per heavy atom. The Balaban J connectivity index is 1.46. The van der Waals surface area contributed by atoms with E-state index in [4.69, 9.17) is 4.74 Å². The van der Waals surface area contributed by atoms with E-state index < -0.39 is 0 Å². The predicted octanol–water partition coefficient (Wildman–Crippen LogP) is 3.86. The molecule has 6 heteroatoms. The fourth-order valence-electron chi connectivity index (χ4n) is 5.10. The lowest BCUT2D eigenvalue weighted by Gasteiger charge is -2.29. The van der Waals surface area contributed by atoms with Crippen molar-refractivity contribution in [3.8, 4) is 5.75 Å². The first-order valence-corrected chi connectivity index (χ1v) is 11.5. The summed E-state index contributed by atoms with van der Waals surface area (Å²) in [6.45, 7) is 3.67. The molecular weight excluding hydrogens is 392 g/mol. The second kappa shape index (κ2) is 9.69. The first-order valence-electron chi connectivity index (χ1n) is 11.5. The standard InChI is InChI=1S/C25H32N2O4/c1-2-31-25(30)22-14-19(16-27(22)15-17-8-4-3-5-9-17)26-24(29)21-13-12-18-10-6-7-11-20(18)23(21)28/h6-7,10-13,17,19,22,28H,2-5,8-9,14-16H2,1H3,(H,26,29)/t19-,22+/m1/s1. The molecule has 0 unspecified atom stereocenters. The van der Waals surface area contributed by atoms with Gasteiger partial charge in [-0.2, -0.15) is 0 Å². The number of amides is 1. The Morgan fingerprint density at radius 2 is 1.90 bits per heavy atom. The molecule has 4 rings (SSSR count). The van der Waals surface area contributed by atoms with Gasteiger partial charge in [0, 0.05) is 24.5 Å². The van der Waals surface area contributed by atoms with Gasteiger partial charge in [0.05, 0.1) is 12.2 Å². The van der Waals surface area contributed by atoms with Crippen molar-refractivity contribution in [1.29, 1.82) is 0 Å². The minimum Gasteiger partial charge on any atom is -0.506 e. The van der Waals surface area contributed by atoms with E-state index in [0.717, 1.165) is 11.9 Å². The number of benzene rings is 2. The van der Waals surface area contributed by atoms with E-state index in [1.54, 1.807) is 12.1 Å². The number of aromatic hydroxyl groups is 1. The number of likely N-dealkylation sites (tertiary alicyclic amines) is 1. The molecule has 2 fully saturated rings. The van der Waals surface area contributed by atoms with E-state index in [1.165, 1.54) is 32.1 Å². The minimum atomic E-state index is -0.322. The van der Waals surface area contributed by atoms with Crippen molar-refractivity contribution in [2.24, 2.45) is 5.92 Å². The minimum absolute atomic E-state index is 0.00500. The van der Waals surface area contributed by atoms with Crippen molar-refractivity contribution in [2.75, 3.05) is 19.7 Å². The molecule has 1 heterocycles. The maximum absolute atomic E-state index is 13.0. The molecule has 1 saturated heterocycles. The summed E-state index contributed by atoms with van der Waals surface area (Å²) in [4.78, 5) is 27.7. The normalized spacial score (nSPS) is 22.5. The fourth-order valence-corrected chi connectivity index (χ4v) is 5.10. The molecule has 166 valence electrons. The maximum atomic E-state index is 13.0. The number of esters is 1. The number of fused-ring (bicyclic) bond motifs is 1. The summed E-state index contributed by atoms with van der Waals surface area (Å²) in [5.74, 6) is 0.0817. The number of phenols is 1. The van der Waals surface area contributed by atoms with Crippen LogP contribution in [0.3, 0.4) is 0 Å². The Hall–Kier alpha value is -2.60. The molecule has 1 saturated carbocycles. The first-order chi connectivity index (χ1) is 15.1. The van der Waals surface area contributed by atoms with Gasteiger partial charge >= 0.3 is 5.97 Å². The third-order valence-corrected chi connectivity index (χ3v) is 6.66. The molecule has 1 aliphatic carbocycles. The van der Waals surface area contributed by atoms with Gasteiger partial charge in [-0.3, -0.25) is 14.5 Å². The summed E-state index contributed by atoms with van der Waals surface area (Å²) in [6.07, 6.45) is 6.74. The fraction of sp³-hybridized carbons (Fsp3) is 0.520. The van der Waals surface area contributed by atoms with Crippen LogP contribution in [0.5, 0.6) is 5.75 Å². The Labute approximate surface area is 183 Å². The van der Waals surface area contributed by atoms with Crippen LogP contribution in [-0.2, 0) is 9.53 Å². The molecule has 2 N–H and O–H groups in total. The molecule has 2 aromatic carbocycles. The van der Waals surface area contributed by atoms with Gasteiger partial charge in [-0.25, -0.2) is 0 Å². The average molecular weight is 425 g/mol. The maximum Gasteiger partial charge on any atom is 0.323 e. The van der Waals surface area contributed by atoms with Crippen LogP contribution in [0.25, 0.3) is 10.8 Å². The predicted molar refractivity (Wildman–Crippen MR) is 120 cm³/mol. The van der Waals surface area contributed by atoms with Gasteiger partial charge < -0.3 is 15.2 Å². The Bertz CT molecular complexity index is 938. The van der Waals surface area contributed by atoms with Gasteiger partial charge in [-0.15, -0.1) is 0 Å². The van der Waals surface area contributed by atoms with Crippen LogP contribution in [0.1, 0.15) is 55.8 Å². The van der Waals surface area contributed by atoms with Gasteiger partial charge in [0.2, 0.25) is 0 Å². The van der Waals surface area contributed by atoms with E-state index in [1.807, 2.05) is 31.2 Å². The second-order valence-corrected chi connectivity index (χ2v) is 8.81. The lowest BCUT2D eigenvalue weighted by atomic mass is 9.89. The molecule has 31 heavy (non-hydrogen) atoms. The molecule has 0 radical (unpaired) electrons. The van der Waals surface area contributed by atoms with Crippen molar-refractivity contribution in [3.05, 3.63) is 42.0 Å². The van der Waals surface area contributed by atoms with Gasteiger partial charge in [0.15, 0.2) is 0 Å². The number of carbonyl (C=O) groups is 2. The molecule has 0 aromatic heterocycles. The van der Waals surface area contributed by atoms with E-state index in [-0.39, 0.29) is 35.3 Å². The number of rotatable bonds is 6. The van der Waals surface area contributed by atoms with Crippen molar-refractivity contribution in [1.82, 2.24) is 10.2 Å². The third kappa shape index (κ3) is 4.85. The van der Waals surface area contributed by atoms with Crippen LogP contribution < -0.4 is 5.32 Å². The molecule has 2 atom stereocenters. The molecule has 1 aliphatic heterocycles. The van der Waals surface area contributed by atoms with E-state index in [0.29, 0.717) is 30.9 Å². The number of hydrogen-bond acceptors (Lipinski definition) is 5. The SMILES string of the molecule is CCOC(=O)[C@@H]1C[C@@H](NC(=O)c2ccc3ccccc3c2O)CN1CC1CCCCC1. The molecule has 2 aromatic rings. The molecule has 6 nitrogen and oxygen atoms in total.